The van der Waals surface area contributed by atoms with Crippen molar-refractivity contribution in [1.29, 1.82) is 0 Å². The maximum absolute atomic E-state index is 13.6. The number of hydrogen-bond acceptors (Lipinski definition) is 3. The van der Waals surface area contributed by atoms with E-state index in [0.717, 1.165) is 50.5 Å². The molecule has 0 saturated carbocycles. The monoisotopic (exact) mass is 371 g/mol. The number of fused-ring (bicyclic) bond motifs is 1. The van der Waals surface area contributed by atoms with Gasteiger partial charge in [0.05, 0.1) is 11.4 Å². The molecule has 140 valence electrons. The van der Waals surface area contributed by atoms with Crippen LogP contribution in [-0.4, -0.2) is 11.2 Å². The highest BCUT2D eigenvalue weighted by atomic mass is 19.1. The van der Waals surface area contributed by atoms with Crippen LogP contribution < -0.4 is 5.73 Å². The fraction of sp³-hybridized carbons (Fsp3) is 0.167. The molecule has 2 N–H and O–H groups in total. The van der Waals surface area contributed by atoms with E-state index in [1.807, 2.05) is 44.3 Å². The highest BCUT2D eigenvalue weighted by molar-refractivity contribution is 5.89. The van der Waals surface area contributed by atoms with Crippen molar-refractivity contribution in [3.8, 4) is 22.4 Å². The summed E-state index contributed by atoms with van der Waals surface area (Å²) in [6.07, 6.45) is 3.69. The Balaban J connectivity index is 1.90. The minimum atomic E-state index is -0.246. The fourth-order valence-corrected chi connectivity index (χ4v) is 3.54. The van der Waals surface area contributed by atoms with Gasteiger partial charge in [-0.25, -0.2) is 4.39 Å². The number of pyridine rings is 1. The van der Waals surface area contributed by atoms with E-state index >= 15 is 0 Å². The van der Waals surface area contributed by atoms with Gasteiger partial charge in [0.1, 0.15) is 5.82 Å². The maximum Gasteiger partial charge on any atom is 0.123 e. The molecule has 1 aliphatic heterocycles. The Bertz CT molecular complexity index is 1130. The van der Waals surface area contributed by atoms with Crippen LogP contribution in [-0.2, 0) is 0 Å². The Kier molecular flexibility index (Phi) is 4.55. The molecule has 0 spiro atoms. The van der Waals surface area contributed by atoms with Gasteiger partial charge in [0.2, 0.25) is 0 Å². The molecule has 0 aliphatic carbocycles. The van der Waals surface area contributed by atoms with Crippen molar-refractivity contribution in [2.24, 2.45) is 16.6 Å². The zero-order valence-electron chi connectivity index (χ0n) is 16.2. The first-order valence-corrected chi connectivity index (χ1v) is 9.32. The lowest BCUT2D eigenvalue weighted by molar-refractivity contribution is 0.627. The summed E-state index contributed by atoms with van der Waals surface area (Å²) in [5, 5.41) is 0. The summed E-state index contributed by atoms with van der Waals surface area (Å²) >= 11 is 0. The van der Waals surface area contributed by atoms with Gasteiger partial charge < -0.3 is 5.73 Å². The van der Waals surface area contributed by atoms with Crippen LogP contribution in [0.1, 0.15) is 25.0 Å². The van der Waals surface area contributed by atoms with Crippen LogP contribution in [0.4, 0.5) is 10.1 Å². The van der Waals surface area contributed by atoms with Crippen LogP contribution >= 0.6 is 0 Å². The second-order valence-electron chi connectivity index (χ2n) is 7.25. The van der Waals surface area contributed by atoms with Crippen molar-refractivity contribution < 1.29 is 4.39 Å². The third kappa shape index (κ3) is 3.11. The third-order valence-corrected chi connectivity index (χ3v) is 5.39. The number of nitrogens with zero attached hydrogens (tertiary/aromatic N) is 2. The molecule has 28 heavy (non-hydrogen) atoms. The van der Waals surface area contributed by atoms with Gasteiger partial charge in [-0.2, -0.15) is 0 Å². The van der Waals surface area contributed by atoms with Crippen molar-refractivity contribution in [1.82, 2.24) is 4.98 Å². The van der Waals surface area contributed by atoms with Crippen molar-refractivity contribution in [3.63, 3.8) is 0 Å². The van der Waals surface area contributed by atoms with E-state index in [2.05, 4.69) is 23.0 Å². The molecule has 1 aromatic heterocycles. The predicted molar refractivity (Wildman–Crippen MR) is 114 cm³/mol. The average Bonchev–Trinajstić information content (AvgIpc) is 2.80. The molecule has 0 bridgehead atoms. The van der Waals surface area contributed by atoms with Crippen molar-refractivity contribution in [2.75, 3.05) is 0 Å². The lowest BCUT2D eigenvalue weighted by Gasteiger charge is -2.14. The van der Waals surface area contributed by atoms with Gasteiger partial charge in [0.25, 0.3) is 0 Å². The second kappa shape index (κ2) is 7.04. The first-order valence-electron chi connectivity index (χ1n) is 9.32. The molecule has 0 amide bonds. The number of hydrogen-bond donors (Lipinski definition) is 1. The molecule has 0 fully saturated rings. The van der Waals surface area contributed by atoms with Gasteiger partial charge in [-0.1, -0.05) is 19.1 Å². The van der Waals surface area contributed by atoms with E-state index in [0.29, 0.717) is 0 Å². The molecular weight excluding hydrogens is 349 g/mol. The van der Waals surface area contributed by atoms with Gasteiger partial charge in [0.15, 0.2) is 0 Å². The summed E-state index contributed by atoms with van der Waals surface area (Å²) in [5.74, 6) is -0.0456. The standard InChI is InChI=1S/C24H22FN3/c1-14-11-18(25)7-8-19(14)24-20(5-4-10-27-24)17-6-9-22-21(12-17)23(26)16(3)15(2)13-28-22/h4-13,15H,26H2,1-3H3. The minimum absolute atomic E-state index is 0.201. The second-order valence-corrected chi connectivity index (χ2v) is 7.25. The Morgan fingerprint density at radius 2 is 1.79 bits per heavy atom. The number of aliphatic imine (C=N–C) groups is 1. The van der Waals surface area contributed by atoms with E-state index < -0.39 is 0 Å². The highest BCUT2D eigenvalue weighted by Gasteiger charge is 2.17. The Morgan fingerprint density at radius 1 is 0.964 bits per heavy atom. The topological polar surface area (TPSA) is 51.3 Å². The first-order chi connectivity index (χ1) is 13.5. The molecule has 4 heteroatoms. The van der Waals surface area contributed by atoms with E-state index in [9.17, 15) is 4.39 Å². The average molecular weight is 371 g/mol. The SMILES string of the molecule is CC1=C(N)c2cc(-c3cccnc3-c3ccc(F)cc3C)ccc2N=CC1C. The van der Waals surface area contributed by atoms with Gasteiger partial charge in [-0.15, -0.1) is 0 Å². The predicted octanol–water partition coefficient (Wildman–Crippen LogP) is 5.90. The number of benzene rings is 2. The molecule has 1 aliphatic rings. The summed E-state index contributed by atoms with van der Waals surface area (Å²) in [6, 6.07) is 14.8. The summed E-state index contributed by atoms with van der Waals surface area (Å²) < 4.78 is 13.6. The van der Waals surface area contributed by atoms with E-state index in [1.165, 1.54) is 12.1 Å². The van der Waals surface area contributed by atoms with Gasteiger partial charge in [-0.05, 0) is 66.9 Å². The number of rotatable bonds is 2. The molecule has 1 unspecified atom stereocenters. The van der Waals surface area contributed by atoms with Crippen molar-refractivity contribution in [2.45, 2.75) is 20.8 Å². The molecule has 0 saturated heterocycles. The summed E-state index contributed by atoms with van der Waals surface area (Å²) in [7, 11) is 0. The van der Waals surface area contributed by atoms with Crippen molar-refractivity contribution in [3.05, 3.63) is 77.2 Å². The summed E-state index contributed by atoms with van der Waals surface area (Å²) in [5.41, 5.74) is 14.7. The maximum atomic E-state index is 13.6. The summed E-state index contributed by atoms with van der Waals surface area (Å²) in [6.45, 7) is 6.04. The van der Waals surface area contributed by atoms with Crippen LogP contribution in [0.5, 0.6) is 0 Å². The molecule has 3 nitrogen and oxygen atoms in total. The molecule has 3 aromatic rings. The quantitative estimate of drug-likeness (QED) is 0.609. The van der Waals surface area contributed by atoms with Crippen molar-refractivity contribution >= 4 is 17.6 Å². The Hall–Kier alpha value is -3.27. The first kappa shape index (κ1) is 18.1. The highest BCUT2D eigenvalue weighted by Crippen LogP contribution is 2.37. The van der Waals surface area contributed by atoms with Crippen LogP contribution in [0, 0.1) is 18.7 Å². The smallest absolute Gasteiger partial charge is 0.123 e. The molecular formula is C24H22FN3. The lowest BCUT2D eigenvalue weighted by Crippen LogP contribution is -2.05. The minimum Gasteiger partial charge on any atom is -0.398 e. The Morgan fingerprint density at radius 3 is 2.57 bits per heavy atom. The number of allylic oxidation sites excluding steroid dienone is 1. The lowest BCUT2D eigenvalue weighted by atomic mass is 9.93. The molecule has 2 aromatic carbocycles. The van der Waals surface area contributed by atoms with Crippen LogP contribution in [0.25, 0.3) is 28.1 Å². The van der Waals surface area contributed by atoms with Gasteiger partial charge in [-0.3, -0.25) is 9.98 Å². The number of nitrogens with two attached hydrogens (primary N) is 1. The number of halogens is 1. The van der Waals surface area contributed by atoms with E-state index in [-0.39, 0.29) is 11.7 Å². The number of aryl methyl sites for hydroxylation is 1. The zero-order chi connectivity index (χ0) is 19.8. The third-order valence-electron chi connectivity index (χ3n) is 5.39. The molecule has 4 rings (SSSR count). The van der Waals surface area contributed by atoms with E-state index in [1.54, 1.807) is 12.3 Å². The number of aromatic nitrogens is 1. The fourth-order valence-electron chi connectivity index (χ4n) is 3.54. The van der Waals surface area contributed by atoms with E-state index in [4.69, 9.17) is 5.73 Å². The van der Waals surface area contributed by atoms with Gasteiger partial charge in [0, 0.05) is 40.7 Å². The van der Waals surface area contributed by atoms with Crippen LogP contribution in [0.3, 0.4) is 0 Å². The largest absolute Gasteiger partial charge is 0.398 e. The molecule has 1 atom stereocenters. The Labute approximate surface area is 164 Å². The van der Waals surface area contributed by atoms with Gasteiger partial charge >= 0.3 is 0 Å². The zero-order valence-corrected chi connectivity index (χ0v) is 16.2. The van der Waals surface area contributed by atoms with Crippen LogP contribution in [0.2, 0.25) is 0 Å². The molecule has 0 radical (unpaired) electrons. The van der Waals surface area contributed by atoms with Crippen LogP contribution in [0.15, 0.2) is 65.3 Å². The normalized spacial score (nSPS) is 16.1. The summed E-state index contributed by atoms with van der Waals surface area (Å²) in [4.78, 5) is 9.20. The molecule has 2 heterocycles.